The molecule has 0 bridgehead atoms. The summed E-state index contributed by atoms with van der Waals surface area (Å²) in [7, 11) is 0. The van der Waals surface area contributed by atoms with Gasteiger partial charge in [0.15, 0.2) is 0 Å². The van der Waals surface area contributed by atoms with E-state index in [0.717, 1.165) is 38.5 Å². The van der Waals surface area contributed by atoms with Crippen LogP contribution < -0.4 is 0 Å². The van der Waals surface area contributed by atoms with Crippen LogP contribution in [-0.2, 0) is 19.1 Å². The lowest BCUT2D eigenvalue weighted by Crippen LogP contribution is -2.25. The molecule has 0 rings (SSSR count). The molecule has 1 atom stereocenters. The lowest BCUT2D eigenvalue weighted by Gasteiger charge is -2.12. The van der Waals surface area contributed by atoms with E-state index in [1.54, 1.807) is 0 Å². The van der Waals surface area contributed by atoms with Crippen molar-refractivity contribution in [3.05, 3.63) is 24.3 Å². The quantitative estimate of drug-likeness (QED) is 0.0416. The summed E-state index contributed by atoms with van der Waals surface area (Å²) in [6.07, 6.45) is 43.7. The molecule has 0 saturated carbocycles. The summed E-state index contributed by atoms with van der Waals surface area (Å²) in [6, 6.07) is 0. The van der Waals surface area contributed by atoms with Gasteiger partial charge in [-0.3, -0.25) is 9.59 Å². The van der Waals surface area contributed by atoms with Crippen LogP contribution in [0.5, 0.6) is 0 Å². The van der Waals surface area contributed by atoms with Crippen LogP contribution in [0.4, 0.5) is 0 Å². The van der Waals surface area contributed by atoms with Gasteiger partial charge in [-0.1, -0.05) is 154 Å². The number of hydrogen-bond donors (Lipinski definition) is 1. The zero-order valence-electron chi connectivity index (χ0n) is 30.6. The van der Waals surface area contributed by atoms with E-state index < -0.39 is 6.10 Å². The molecule has 0 heterocycles. The largest absolute Gasteiger partial charge is 0.463 e. The first-order valence-corrected chi connectivity index (χ1v) is 19.9. The van der Waals surface area contributed by atoms with Gasteiger partial charge in [-0.25, -0.2) is 0 Å². The second-order valence-electron chi connectivity index (χ2n) is 13.4. The Hall–Kier alpha value is -1.62. The van der Waals surface area contributed by atoms with Crippen molar-refractivity contribution in [3.8, 4) is 0 Å². The predicted octanol–water partition coefficient (Wildman–Crippen LogP) is 12.3. The van der Waals surface area contributed by atoms with Gasteiger partial charge in [0.1, 0.15) is 19.3 Å². The Morgan fingerprint density at radius 2 is 0.696 bits per heavy atom. The molecule has 0 aromatic heterocycles. The van der Waals surface area contributed by atoms with Crippen LogP contribution in [0.2, 0.25) is 0 Å². The van der Waals surface area contributed by atoms with Crippen molar-refractivity contribution in [2.24, 2.45) is 0 Å². The Morgan fingerprint density at radius 3 is 1.02 bits per heavy atom. The van der Waals surface area contributed by atoms with Gasteiger partial charge >= 0.3 is 11.9 Å². The fourth-order valence-electron chi connectivity index (χ4n) is 5.60. The molecule has 0 saturated heterocycles. The van der Waals surface area contributed by atoms with E-state index in [9.17, 15) is 14.7 Å². The van der Waals surface area contributed by atoms with E-state index >= 15 is 0 Å². The number of carbonyl (C=O) groups excluding carboxylic acids is 2. The first kappa shape index (κ1) is 44.4. The minimum Gasteiger partial charge on any atom is -0.463 e. The number of allylic oxidation sites excluding steroid dienone is 4. The van der Waals surface area contributed by atoms with E-state index in [4.69, 9.17) is 9.47 Å². The molecular weight excluding hydrogens is 572 g/mol. The highest BCUT2D eigenvalue weighted by Gasteiger charge is 2.12. The standard InChI is InChI=1S/C41H76O5/c1-3-5-7-9-11-13-15-17-19-20-22-24-26-28-30-32-34-36-41(44)46-38-39(42)37-45-40(43)35-33-31-29-27-25-23-21-18-16-14-12-10-8-6-4-2/h14,16-17,19,39,42H,3-13,15,18,20-38H2,1-2H3/b16-14-,19-17-/t39-/m1/s1. The Bertz CT molecular complexity index is 701. The van der Waals surface area contributed by atoms with Crippen molar-refractivity contribution in [1.29, 1.82) is 0 Å². The Balaban J connectivity index is 3.43. The lowest BCUT2D eigenvalue weighted by molar-refractivity contribution is -0.152. The number of aliphatic hydroxyl groups excluding tert-OH is 1. The molecule has 46 heavy (non-hydrogen) atoms. The van der Waals surface area contributed by atoms with Crippen molar-refractivity contribution < 1.29 is 24.2 Å². The molecule has 0 aliphatic rings. The van der Waals surface area contributed by atoms with E-state index in [1.807, 2.05) is 0 Å². The number of rotatable bonds is 36. The van der Waals surface area contributed by atoms with Crippen LogP contribution in [0.3, 0.4) is 0 Å². The minimum absolute atomic E-state index is 0.117. The highest BCUT2D eigenvalue weighted by molar-refractivity contribution is 5.69. The second-order valence-corrected chi connectivity index (χ2v) is 13.4. The van der Waals surface area contributed by atoms with E-state index in [-0.39, 0.29) is 25.2 Å². The average molecular weight is 649 g/mol. The summed E-state index contributed by atoms with van der Waals surface area (Å²) < 4.78 is 10.3. The zero-order chi connectivity index (χ0) is 33.6. The van der Waals surface area contributed by atoms with Crippen molar-refractivity contribution in [2.45, 2.75) is 213 Å². The monoisotopic (exact) mass is 649 g/mol. The van der Waals surface area contributed by atoms with Crippen LogP contribution >= 0.6 is 0 Å². The van der Waals surface area contributed by atoms with Gasteiger partial charge in [0.2, 0.25) is 0 Å². The normalized spacial score (nSPS) is 12.3. The summed E-state index contributed by atoms with van der Waals surface area (Å²) in [5.41, 5.74) is 0. The molecule has 5 nitrogen and oxygen atoms in total. The summed E-state index contributed by atoms with van der Waals surface area (Å²) >= 11 is 0. The van der Waals surface area contributed by atoms with Crippen LogP contribution in [0.15, 0.2) is 24.3 Å². The fraction of sp³-hybridized carbons (Fsp3) is 0.854. The molecule has 0 spiro atoms. The topological polar surface area (TPSA) is 72.8 Å². The van der Waals surface area contributed by atoms with Gasteiger partial charge < -0.3 is 14.6 Å². The molecule has 0 aliphatic carbocycles. The Morgan fingerprint density at radius 1 is 0.435 bits per heavy atom. The Kier molecular flexibility index (Phi) is 36.5. The molecule has 1 N–H and O–H groups in total. The summed E-state index contributed by atoms with van der Waals surface area (Å²) in [4.78, 5) is 23.9. The molecule has 0 fully saturated rings. The second kappa shape index (κ2) is 37.8. The summed E-state index contributed by atoms with van der Waals surface area (Å²) in [6.45, 7) is 4.28. The Labute approximate surface area is 285 Å². The third kappa shape index (κ3) is 36.8. The van der Waals surface area contributed by atoms with Crippen molar-refractivity contribution >= 4 is 11.9 Å². The molecule has 0 radical (unpaired) electrons. The number of carbonyl (C=O) groups is 2. The summed E-state index contributed by atoms with van der Waals surface area (Å²) in [5, 5.41) is 10.0. The number of ether oxygens (including phenoxy) is 2. The maximum Gasteiger partial charge on any atom is 0.305 e. The molecule has 0 aliphatic heterocycles. The molecule has 0 unspecified atom stereocenters. The number of unbranched alkanes of at least 4 members (excludes halogenated alkanes) is 24. The molecular formula is C41H76O5. The van der Waals surface area contributed by atoms with Gasteiger partial charge in [-0.05, 0) is 64.2 Å². The van der Waals surface area contributed by atoms with Crippen LogP contribution in [-0.4, -0.2) is 36.4 Å². The van der Waals surface area contributed by atoms with E-state index in [0.29, 0.717) is 12.8 Å². The molecule has 0 amide bonds. The lowest BCUT2D eigenvalue weighted by atomic mass is 10.1. The van der Waals surface area contributed by atoms with Crippen LogP contribution in [0.1, 0.15) is 206 Å². The molecule has 5 heteroatoms. The minimum atomic E-state index is -0.964. The molecule has 270 valence electrons. The maximum absolute atomic E-state index is 12.0. The van der Waals surface area contributed by atoms with Gasteiger partial charge in [-0.15, -0.1) is 0 Å². The third-order valence-electron chi connectivity index (χ3n) is 8.66. The van der Waals surface area contributed by atoms with Crippen molar-refractivity contribution in [3.63, 3.8) is 0 Å². The molecule has 0 aromatic rings. The molecule has 0 aromatic carbocycles. The number of hydrogen-bond acceptors (Lipinski definition) is 5. The van der Waals surface area contributed by atoms with Gasteiger partial charge in [-0.2, -0.15) is 0 Å². The number of aliphatic hydroxyl groups is 1. The third-order valence-corrected chi connectivity index (χ3v) is 8.66. The fourth-order valence-corrected chi connectivity index (χ4v) is 5.60. The maximum atomic E-state index is 12.0. The van der Waals surface area contributed by atoms with Crippen LogP contribution in [0, 0.1) is 0 Å². The highest BCUT2D eigenvalue weighted by Crippen LogP contribution is 2.13. The van der Waals surface area contributed by atoms with Crippen molar-refractivity contribution in [2.75, 3.05) is 13.2 Å². The van der Waals surface area contributed by atoms with E-state index in [2.05, 4.69) is 38.2 Å². The SMILES string of the molecule is CCCCCC/C=C\CCCCCCCCCC(=O)OC[C@@H](O)COC(=O)CCCCCCCCC/C=C\CCCCCCCC. The summed E-state index contributed by atoms with van der Waals surface area (Å²) in [5.74, 6) is -0.570. The number of esters is 2. The predicted molar refractivity (Wildman–Crippen MR) is 196 cm³/mol. The van der Waals surface area contributed by atoms with Gasteiger partial charge in [0, 0.05) is 12.8 Å². The zero-order valence-corrected chi connectivity index (χ0v) is 30.6. The van der Waals surface area contributed by atoms with E-state index in [1.165, 1.54) is 141 Å². The van der Waals surface area contributed by atoms with Gasteiger partial charge in [0.05, 0.1) is 0 Å². The average Bonchev–Trinajstić information content (AvgIpc) is 3.06. The van der Waals surface area contributed by atoms with Gasteiger partial charge in [0.25, 0.3) is 0 Å². The first-order valence-electron chi connectivity index (χ1n) is 19.9. The van der Waals surface area contributed by atoms with Crippen molar-refractivity contribution in [1.82, 2.24) is 0 Å². The first-order chi connectivity index (χ1) is 22.6. The van der Waals surface area contributed by atoms with Crippen LogP contribution in [0.25, 0.3) is 0 Å². The smallest absolute Gasteiger partial charge is 0.305 e. The highest BCUT2D eigenvalue weighted by atomic mass is 16.6.